The lowest BCUT2D eigenvalue weighted by molar-refractivity contribution is 0.113. The zero-order valence-corrected chi connectivity index (χ0v) is 12.9. The second-order valence-corrected chi connectivity index (χ2v) is 6.40. The standard InChI is InChI=1S/C15H23BrN2/c1-11-3-5-13(7-15(11)16)9-18-10-14(8-17)6-4-12(18)2/h3,5,7,12,14H,4,6,8-10,17H2,1-2H3. The smallest absolute Gasteiger partial charge is 0.0237 e. The lowest BCUT2D eigenvalue weighted by Crippen LogP contribution is -2.43. The van der Waals surface area contributed by atoms with Crippen LogP contribution in [0.4, 0.5) is 0 Å². The van der Waals surface area contributed by atoms with Gasteiger partial charge in [0.15, 0.2) is 0 Å². The lowest BCUT2D eigenvalue weighted by atomic mass is 9.93. The summed E-state index contributed by atoms with van der Waals surface area (Å²) in [7, 11) is 0. The summed E-state index contributed by atoms with van der Waals surface area (Å²) in [6.45, 7) is 7.46. The third-order valence-corrected chi connectivity index (χ3v) is 4.92. The zero-order chi connectivity index (χ0) is 13.1. The van der Waals surface area contributed by atoms with Crippen molar-refractivity contribution in [2.24, 2.45) is 11.7 Å². The Bertz CT molecular complexity index is 405. The van der Waals surface area contributed by atoms with Gasteiger partial charge < -0.3 is 5.73 Å². The molecular weight excluding hydrogens is 288 g/mol. The van der Waals surface area contributed by atoms with E-state index in [1.165, 1.54) is 28.4 Å². The van der Waals surface area contributed by atoms with Gasteiger partial charge in [-0.05, 0) is 56.3 Å². The largest absolute Gasteiger partial charge is 0.330 e. The van der Waals surface area contributed by atoms with Gasteiger partial charge in [0.2, 0.25) is 0 Å². The van der Waals surface area contributed by atoms with Gasteiger partial charge in [0.25, 0.3) is 0 Å². The molecule has 0 aliphatic carbocycles. The molecule has 2 unspecified atom stereocenters. The molecule has 0 radical (unpaired) electrons. The topological polar surface area (TPSA) is 29.3 Å². The second kappa shape index (κ2) is 6.18. The summed E-state index contributed by atoms with van der Waals surface area (Å²) in [4.78, 5) is 2.57. The highest BCUT2D eigenvalue weighted by Crippen LogP contribution is 2.24. The summed E-state index contributed by atoms with van der Waals surface area (Å²) in [5.74, 6) is 0.676. The molecule has 1 fully saturated rings. The van der Waals surface area contributed by atoms with Gasteiger partial charge in [0, 0.05) is 23.6 Å². The molecule has 1 aliphatic rings. The minimum atomic E-state index is 0.674. The Hall–Kier alpha value is -0.380. The van der Waals surface area contributed by atoms with E-state index in [0.29, 0.717) is 12.0 Å². The number of hydrogen-bond donors (Lipinski definition) is 1. The average molecular weight is 311 g/mol. The highest BCUT2D eigenvalue weighted by atomic mass is 79.9. The molecule has 0 spiro atoms. The van der Waals surface area contributed by atoms with Crippen LogP contribution in [0.5, 0.6) is 0 Å². The van der Waals surface area contributed by atoms with Crippen molar-refractivity contribution in [3.63, 3.8) is 0 Å². The number of rotatable bonds is 3. The Morgan fingerprint density at radius 1 is 1.39 bits per heavy atom. The fourth-order valence-corrected chi connectivity index (χ4v) is 3.07. The molecule has 0 saturated carbocycles. The third kappa shape index (κ3) is 3.34. The Kier molecular flexibility index (Phi) is 4.82. The van der Waals surface area contributed by atoms with E-state index < -0.39 is 0 Å². The maximum Gasteiger partial charge on any atom is 0.0237 e. The van der Waals surface area contributed by atoms with E-state index in [-0.39, 0.29) is 0 Å². The van der Waals surface area contributed by atoms with Crippen LogP contribution in [0.3, 0.4) is 0 Å². The molecule has 2 atom stereocenters. The van der Waals surface area contributed by atoms with Crippen molar-refractivity contribution < 1.29 is 0 Å². The molecule has 0 amide bonds. The molecule has 18 heavy (non-hydrogen) atoms. The Morgan fingerprint density at radius 3 is 2.83 bits per heavy atom. The number of piperidine rings is 1. The first kappa shape index (κ1) is 14.0. The normalized spacial score (nSPS) is 25.3. The molecule has 0 aromatic heterocycles. The van der Waals surface area contributed by atoms with Gasteiger partial charge in [0.05, 0.1) is 0 Å². The predicted molar refractivity (Wildman–Crippen MR) is 80.5 cm³/mol. The van der Waals surface area contributed by atoms with Crippen molar-refractivity contribution in [3.05, 3.63) is 33.8 Å². The summed E-state index contributed by atoms with van der Waals surface area (Å²) in [5, 5.41) is 0. The van der Waals surface area contributed by atoms with Gasteiger partial charge in [-0.15, -0.1) is 0 Å². The number of benzene rings is 1. The second-order valence-electron chi connectivity index (χ2n) is 5.54. The van der Waals surface area contributed by atoms with E-state index in [1.807, 2.05) is 0 Å². The molecule has 0 bridgehead atoms. The maximum atomic E-state index is 5.81. The highest BCUT2D eigenvalue weighted by Gasteiger charge is 2.24. The van der Waals surface area contributed by atoms with E-state index in [1.54, 1.807) is 0 Å². The van der Waals surface area contributed by atoms with Crippen LogP contribution in [0, 0.1) is 12.8 Å². The molecule has 1 saturated heterocycles. The Labute approximate surface area is 119 Å². The average Bonchev–Trinajstić information content (AvgIpc) is 2.36. The van der Waals surface area contributed by atoms with Gasteiger partial charge in [-0.25, -0.2) is 0 Å². The van der Waals surface area contributed by atoms with Crippen molar-refractivity contribution in [2.45, 2.75) is 39.3 Å². The summed E-state index contributed by atoms with van der Waals surface area (Å²) in [6, 6.07) is 7.34. The van der Waals surface area contributed by atoms with Gasteiger partial charge >= 0.3 is 0 Å². The molecule has 100 valence electrons. The van der Waals surface area contributed by atoms with Crippen molar-refractivity contribution in [1.29, 1.82) is 0 Å². The summed E-state index contributed by atoms with van der Waals surface area (Å²) in [5.41, 5.74) is 8.50. The molecule has 1 aromatic rings. The van der Waals surface area contributed by atoms with E-state index in [2.05, 4.69) is 52.9 Å². The van der Waals surface area contributed by atoms with Crippen molar-refractivity contribution in [1.82, 2.24) is 4.90 Å². The molecule has 2 nitrogen and oxygen atoms in total. The minimum Gasteiger partial charge on any atom is -0.330 e. The fourth-order valence-electron chi connectivity index (χ4n) is 2.64. The predicted octanol–water partition coefficient (Wildman–Crippen LogP) is 3.32. The molecule has 3 heteroatoms. The zero-order valence-electron chi connectivity index (χ0n) is 11.3. The number of aryl methyl sites for hydroxylation is 1. The number of likely N-dealkylation sites (tertiary alicyclic amines) is 1. The monoisotopic (exact) mass is 310 g/mol. The highest BCUT2D eigenvalue weighted by molar-refractivity contribution is 9.10. The van der Waals surface area contributed by atoms with Crippen molar-refractivity contribution in [2.75, 3.05) is 13.1 Å². The van der Waals surface area contributed by atoms with E-state index in [4.69, 9.17) is 5.73 Å². The van der Waals surface area contributed by atoms with Crippen molar-refractivity contribution >= 4 is 15.9 Å². The number of halogens is 1. The van der Waals surface area contributed by atoms with Crippen LogP contribution in [0.1, 0.15) is 30.9 Å². The SMILES string of the molecule is Cc1ccc(CN2CC(CN)CCC2C)cc1Br. The van der Waals surface area contributed by atoms with Crippen LogP contribution in [0.25, 0.3) is 0 Å². The molecule has 1 aliphatic heterocycles. The maximum absolute atomic E-state index is 5.81. The first-order valence-electron chi connectivity index (χ1n) is 6.79. The summed E-state index contributed by atoms with van der Waals surface area (Å²) in [6.07, 6.45) is 2.56. The van der Waals surface area contributed by atoms with Gasteiger partial charge in [-0.2, -0.15) is 0 Å². The van der Waals surface area contributed by atoms with Gasteiger partial charge in [0.1, 0.15) is 0 Å². The van der Waals surface area contributed by atoms with Crippen molar-refractivity contribution in [3.8, 4) is 0 Å². The van der Waals surface area contributed by atoms with Crippen LogP contribution in [-0.2, 0) is 6.54 Å². The van der Waals surface area contributed by atoms with E-state index in [9.17, 15) is 0 Å². The summed E-state index contributed by atoms with van der Waals surface area (Å²) >= 11 is 3.61. The first-order valence-corrected chi connectivity index (χ1v) is 7.58. The fraction of sp³-hybridized carbons (Fsp3) is 0.600. The molecular formula is C15H23BrN2. The first-order chi connectivity index (χ1) is 8.60. The van der Waals surface area contributed by atoms with Crippen LogP contribution < -0.4 is 5.73 Å². The van der Waals surface area contributed by atoms with Crippen LogP contribution in [-0.4, -0.2) is 24.0 Å². The lowest BCUT2D eigenvalue weighted by Gasteiger charge is -2.37. The molecule has 2 N–H and O–H groups in total. The van der Waals surface area contributed by atoms with E-state index in [0.717, 1.165) is 19.6 Å². The Morgan fingerprint density at radius 2 is 2.17 bits per heavy atom. The quantitative estimate of drug-likeness (QED) is 0.928. The summed E-state index contributed by atoms with van der Waals surface area (Å²) < 4.78 is 1.21. The number of nitrogens with zero attached hydrogens (tertiary/aromatic N) is 1. The number of nitrogens with two attached hydrogens (primary N) is 1. The van der Waals surface area contributed by atoms with Crippen LogP contribution in [0.2, 0.25) is 0 Å². The van der Waals surface area contributed by atoms with Gasteiger partial charge in [-0.1, -0.05) is 28.1 Å². The minimum absolute atomic E-state index is 0.674. The van der Waals surface area contributed by atoms with Gasteiger partial charge in [-0.3, -0.25) is 4.90 Å². The molecule has 1 heterocycles. The van der Waals surface area contributed by atoms with E-state index >= 15 is 0 Å². The molecule has 2 rings (SSSR count). The van der Waals surface area contributed by atoms with Crippen LogP contribution in [0.15, 0.2) is 22.7 Å². The number of hydrogen-bond acceptors (Lipinski definition) is 2. The Balaban J connectivity index is 2.04. The van der Waals surface area contributed by atoms with Crippen LogP contribution >= 0.6 is 15.9 Å². The third-order valence-electron chi connectivity index (χ3n) is 4.06. The molecule has 1 aromatic carbocycles.